The van der Waals surface area contributed by atoms with E-state index in [9.17, 15) is 0 Å². The van der Waals surface area contributed by atoms with E-state index in [1.54, 1.807) is 6.08 Å². The zero-order valence-electron chi connectivity index (χ0n) is 8.85. The van der Waals surface area contributed by atoms with Crippen molar-refractivity contribution in [1.29, 1.82) is 5.26 Å². The topological polar surface area (TPSA) is 23.8 Å². The van der Waals surface area contributed by atoms with E-state index >= 15 is 0 Å². The molecule has 0 N–H and O–H groups in total. The normalized spacial score (nSPS) is 10.4. The van der Waals surface area contributed by atoms with Crippen molar-refractivity contribution in [2.45, 2.75) is 0 Å². The number of hydrogen-bond acceptors (Lipinski definition) is 1. The fourth-order valence-electron chi connectivity index (χ4n) is 1.62. The van der Waals surface area contributed by atoms with Crippen LogP contribution in [0.4, 0.5) is 0 Å². The second kappa shape index (κ2) is 4.46. The smallest absolute Gasteiger partial charge is 0.0991 e. The van der Waals surface area contributed by atoms with Gasteiger partial charge in [-0.25, -0.2) is 0 Å². The van der Waals surface area contributed by atoms with Gasteiger partial charge in [0.2, 0.25) is 0 Å². The van der Waals surface area contributed by atoms with Gasteiger partial charge in [0.25, 0.3) is 0 Å². The van der Waals surface area contributed by atoms with Gasteiger partial charge in [-0.3, -0.25) is 0 Å². The standard InChI is InChI=1S/C15H11N/c1-2-3-4-12-5-7-15-10-13(11-16)6-8-14(15)9-12/h2-10H,1H2/b4-3-. The Morgan fingerprint density at radius 1 is 1.06 bits per heavy atom. The molecule has 0 heterocycles. The lowest BCUT2D eigenvalue weighted by atomic mass is 10.0. The Labute approximate surface area is 95.0 Å². The second-order valence-corrected chi connectivity index (χ2v) is 3.53. The summed E-state index contributed by atoms with van der Waals surface area (Å²) in [5.41, 5.74) is 1.83. The number of rotatable bonds is 2. The largest absolute Gasteiger partial charge is 0.192 e. The van der Waals surface area contributed by atoms with E-state index in [0.29, 0.717) is 5.56 Å². The third kappa shape index (κ3) is 2.02. The van der Waals surface area contributed by atoms with Crippen LogP contribution in [0.15, 0.2) is 55.1 Å². The molecule has 1 nitrogen and oxygen atoms in total. The summed E-state index contributed by atoms with van der Waals surface area (Å²) in [6, 6.07) is 14.0. The second-order valence-electron chi connectivity index (χ2n) is 3.53. The predicted octanol–water partition coefficient (Wildman–Crippen LogP) is 3.91. The molecule has 0 aliphatic carbocycles. The summed E-state index contributed by atoms with van der Waals surface area (Å²) >= 11 is 0. The van der Waals surface area contributed by atoms with E-state index in [4.69, 9.17) is 5.26 Å². The predicted molar refractivity (Wildman–Crippen MR) is 67.9 cm³/mol. The molecule has 2 aromatic carbocycles. The third-order valence-corrected chi connectivity index (χ3v) is 2.42. The molecule has 16 heavy (non-hydrogen) atoms. The monoisotopic (exact) mass is 205 g/mol. The van der Waals surface area contributed by atoms with Crippen LogP contribution in [0.1, 0.15) is 11.1 Å². The molecule has 0 amide bonds. The molecule has 0 saturated carbocycles. The SMILES string of the molecule is C=C/C=C\c1ccc2cc(C#N)ccc2c1. The van der Waals surface area contributed by atoms with Crippen LogP contribution in [-0.4, -0.2) is 0 Å². The molecule has 0 spiro atoms. The van der Waals surface area contributed by atoms with Crippen LogP contribution >= 0.6 is 0 Å². The number of nitriles is 1. The van der Waals surface area contributed by atoms with Gasteiger partial charge in [0.1, 0.15) is 0 Å². The maximum atomic E-state index is 8.80. The molecule has 1 heteroatoms. The minimum atomic E-state index is 0.696. The zero-order valence-corrected chi connectivity index (χ0v) is 8.85. The Hall–Kier alpha value is -2.33. The van der Waals surface area contributed by atoms with Gasteiger partial charge in [-0.15, -0.1) is 0 Å². The highest BCUT2D eigenvalue weighted by atomic mass is 14.2. The maximum Gasteiger partial charge on any atom is 0.0991 e. The van der Waals surface area contributed by atoms with Crippen LogP contribution in [0.3, 0.4) is 0 Å². The van der Waals surface area contributed by atoms with Crippen molar-refractivity contribution in [3.8, 4) is 6.07 Å². The fourth-order valence-corrected chi connectivity index (χ4v) is 1.62. The van der Waals surface area contributed by atoms with Crippen molar-refractivity contribution in [2.75, 3.05) is 0 Å². The van der Waals surface area contributed by atoms with Gasteiger partial charge in [-0.2, -0.15) is 5.26 Å². The van der Waals surface area contributed by atoms with Gasteiger partial charge >= 0.3 is 0 Å². The molecule has 0 bridgehead atoms. The molecule has 0 saturated heterocycles. The van der Waals surface area contributed by atoms with E-state index in [0.717, 1.165) is 16.3 Å². The first kappa shape index (κ1) is 10.2. The van der Waals surface area contributed by atoms with Gasteiger partial charge in [-0.05, 0) is 34.5 Å². The van der Waals surface area contributed by atoms with E-state index < -0.39 is 0 Å². The summed E-state index contributed by atoms with van der Waals surface area (Å²) in [6.07, 6.45) is 5.67. The number of benzene rings is 2. The van der Waals surface area contributed by atoms with Gasteiger partial charge in [0.15, 0.2) is 0 Å². The quantitative estimate of drug-likeness (QED) is 0.682. The van der Waals surface area contributed by atoms with Crippen molar-refractivity contribution in [3.05, 3.63) is 66.3 Å². The number of allylic oxidation sites excluding steroid dienone is 2. The van der Waals surface area contributed by atoms with Crippen LogP contribution in [0.2, 0.25) is 0 Å². The number of fused-ring (bicyclic) bond motifs is 1. The Kier molecular flexibility index (Phi) is 2.84. The van der Waals surface area contributed by atoms with Gasteiger partial charge in [0, 0.05) is 0 Å². The molecule has 76 valence electrons. The molecule has 0 fully saturated rings. The zero-order chi connectivity index (χ0) is 11.4. The molecule has 0 radical (unpaired) electrons. The van der Waals surface area contributed by atoms with Crippen molar-refractivity contribution in [3.63, 3.8) is 0 Å². The first-order valence-corrected chi connectivity index (χ1v) is 5.06. The summed E-state index contributed by atoms with van der Waals surface area (Å²) < 4.78 is 0. The summed E-state index contributed by atoms with van der Waals surface area (Å²) in [6.45, 7) is 3.64. The molecular weight excluding hydrogens is 194 g/mol. The third-order valence-electron chi connectivity index (χ3n) is 2.42. The van der Waals surface area contributed by atoms with Crippen LogP contribution in [-0.2, 0) is 0 Å². The highest BCUT2D eigenvalue weighted by molar-refractivity contribution is 5.85. The molecular formula is C15H11N. The van der Waals surface area contributed by atoms with Crippen LogP contribution in [0, 0.1) is 11.3 Å². The van der Waals surface area contributed by atoms with Gasteiger partial charge < -0.3 is 0 Å². The molecule has 2 aromatic rings. The minimum absolute atomic E-state index is 0.696. The van der Waals surface area contributed by atoms with E-state index in [2.05, 4.69) is 18.7 Å². The van der Waals surface area contributed by atoms with Crippen LogP contribution < -0.4 is 0 Å². The van der Waals surface area contributed by atoms with E-state index in [-0.39, 0.29) is 0 Å². The van der Waals surface area contributed by atoms with E-state index in [1.165, 1.54) is 0 Å². The molecule has 0 aliphatic heterocycles. The van der Waals surface area contributed by atoms with Crippen molar-refractivity contribution in [2.24, 2.45) is 0 Å². The lowest BCUT2D eigenvalue weighted by molar-refractivity contribution is 1.50. The Bertz CT molecular complexity index is 600. The average Bonchev–Trinajstić information content (AvgIpc) is 2.35. The fraction of sp³-hybridized carbons (Fsp3) is 0. The summed E-state index contributed by atoms with van der Waals surface area (Å²) in [7, 11) is 0. The van der Waals surface area contributed by atoms with Crippen molar-refractivity contribution < 1.29 is 0 Å². The maximum absolute atomic E-state index is 8.80. The lowest BCUT2D eigenvalue weighted by Crippen LogP contribution is -1.78. The first-order valence-electron chi connectivity index (χ1n) is 5.06. The number of hydrogen-bond donors (Lipinski definition) is 0. The minimum Gasteiger partial charge on any atom is -0.192 e. The summed E-state index contributed by atoms with van der Waals surface area (Å²) in [5.74, 6) is 0. The summed E-state index contributed by atoms with van der Waals surface area (Å²) in [5, 5.41) is 11.0. The van der Waals surface area contributed by atoms with Crippen LogP contribution in [0.25, 0.3) is 16.8 Å². The number of nitrogens with zero attached hydrogens (tertiary/aromatic N) is 1. The average molecular weight is 205 g/mol. The first-order chi connectivity index (χ1) is 7.83. The highest BCUT2D eigenvalue weighted by Crippen LogP contribution is 2.18. The summed E-state index contributed by atoms with van der Waals surface area (Å²) in [4.78, 5) is 0. The van der Waals surface area contributed by atoms with Crippen LogP contribution in [0.5, 0.6) is 0 Å². The van der Waals surface area contributed by atoms with Gasteiger partial charge in [-0.1, -0.05) is 43.0 Å². The molecule has 0 aromatic heterocycles. The Balaban J connectivity index is 2.52. The van der Waals surface area contributed by atoms with E-state index in [1.807, 2.05) is 42.5 Å². The van der Waals surface area contributed by atoms with Crippen molar-refractivity contribution >= 4 is 16.8 Å². The highest BCUT2D eigenvalue weighted by Gasteiger charge is 1.96. The van der Waals surface area contributed by atoms with Gasteiger partial charge in [0.05, 0.1) is 11.6 Å². The Morgan fingerprint density at radius 2 is 1.81 bits per heavy atom. The Morgan fingerprint density at radius 3 is 2.56 bits per heavy atom. The molecule has 2 rings (SSSR count). The lowest BCUT2D eigenvalue weighted by Gasteiger charge is -1.99. The molecule has 0 aliphatic rings. The molecule has 0 atom stereocenters. The van der Waals surface area contributed by atoms with Crippen molar-refractivity contribution in [1.82, 2.24) is 0 Å². The molecule has 0 unspecified atom stereocenters.